The van der Waals surface area contributed by atoms with Crippen LogP contribution in [0.15, 0.2) is 36.4 Å². The second kappa shape index (κ2) is 10.4. The van der Waals surface area contributed by atoms with E-state index in [1.807, 2.05) is 19.9 Å². The average Bonchev–Trinajstić information content (AvgIpc) is 2.83. The third-order valence-corrected chi connectivity index (χ3v) is 6.84. The van der Waals surface area contributed by atoms with E-state index < -0.39 is 0 Å². The van der Waals surface area contributed by atoms with E-state index in [9.17, 15) is 4.79 Å². The maximum atomic E-state index is 12.2. The topological polar surface area (TPSA) is 73.3 Å². The molecule has 0 bridgehead atoms. The molecular weight excluding hydrogens is 426 g/mol. The van der Waals surface area contributed by atoms with Crippen LogP contribution >= 0.6 is 0 Å². The van der Waals surface area contributed by atoms with Gasteiger partial charge in [-0.2, -0.15) is 0 Å². The summed E-state index contributed by atoms with van der Waals surface area (Å²) in [6, 6.07) is 12.8. The zero-order valence-electron chi connectivity index (χ0n) is 20.9. The molecule has 0 saturated heterocycles. The lowest BCUT2D eigenvalue weighted by atomic mass is 9.78. The highest BCUT2D eigenvalue weighted by molar-refractivity contribution is 5.91. The number of nitrogens with zero attached hydrogens (tertiary/aromatic N) is 2. The van der Waals surface area contributed by atoms with Gasteiger partial charge in [0.1, 0.15) is 17.4 Å². The Morgan fingerprint density at radius 2 is 1.88 bits per heavy atom. The first-order valence-corrected chi connectivity index (χ1v) is 12.3. The minimum absolute atomic E-state index is 0.000963. The Morgan fingerprint density at radius 1 is 1.12 bits per heavy atom. The summed E-state index contributed by atoms with van der Waals surface area (Å²) in [5.41, 5.74) is 4.49. The number of esters is 1. The SMILES string of the molecule is CCOC(=O)[C@H]1CC[C@H](c2cc3c(N[C@H](C)c4cccc(C)c4)nc(C)nc3cc2OC)CC1. The molecule has 4 rings (SSSR count). The number of methoxy groups -OCH3 is 1. The van der Waals surface area contributed by atoms with E-state index in [-0.39, 0.29) is 17.9 Å². The number of carbonyl (C=O) groups is 1. The number of ether oxygens (including phenoxy) is 2. The monoisotopic (exact) mass is 461 g/mol. The van der Waals surface area contributed by atoms with Crippen molar-refractivity contribution >= 4 is 22.7 Å². The van der Waals surface area contributed by atoms with Gasteiger partial charge in [-0.1, -0.05) is 29.8 Å². The maximum absolute atomic E-state index is 12.2. The second-order valence-electron chi connectivity index (χ2n) is 9.31. The van der Waals surface area contributed by atoms with Crippen molar-refractivity contribution in [3.8, 4) is 5.75 Å². The zero-order chi connectivity index (χ0) is 24.2. The molecule has 0 unspecified atom stereocenters. The molecule has 1 atom stereocenters. The number of aromatic nitrogens is 2. The number of aryl methyl sites for hydroxylation is 2. The third kappa shape index (κ3) is 5.16. The van der Waals surface area contributed by atoms with Gasteiger partial charge in [-0.25, -0.2) is 9.97 Å². The number of hydrogen-bond acceptors (Lipinski definition) is 6. The Bertz CT molecular complexity index is 1170. The summed E-state index contributed by atoms with van der Waals surface area (Å²) in [4.78, 5) is 21.6. The zero-order valence-corrected chi connectivity index (χ0v) is 20.9. The Kier molecular flexibility index (Phi) is 7.35. The van der Waals surface area contributed by atoms with Crippen LogP contribution in [0.5, 0.6) is 5.75 Å². The summed E-state index contributed by atoms with van der Waals surface area (Å²) in [6.45, 7) is 8.47. The van der Waals surface area contributed by atoms with Crippen molar-refractivity contribution in [2.75, 3.05) is 19.0 Å². The van der Waals surface area contributed by atoms with E-state index in [0.29, 0.717) is 12.5 Å². The second-order valence-corrected chi connectivity index (χ2v) is 9.31. The van der Waals surface area contributed by atoms with E-state index in [1.165, 1.54) is 11.1 Å². The predicted molar refractivity (Wildman–Crippen MR) is 135 cm³/mol. The van der Waals surface area contributed by atoms with Gasteiger partial charge in [0.2, 0.25) is 0 Å². The fourth-order valence-electron chi connectivity index (χ4n) is 5.02. The van der Waals surface area contributed by atoms with Crippen molar-refractivity contribution in [1.82, 2.24) is 9.97 Å². The molecule has 2 aromatic carbocycles. The van der Waals surface area contributed by atoms with Crippen LogP contribution in [0.3, 0.4) is 0 Å². The molecule has 0 spiro atoms. The molecule has 6 nitrogen and oxygen atoms in total. The van der Waals surface area contributed by atoms with E-state index in [4.69, 9.17) is 14.5 Å². The number of carbonyl (C=O) groups excluding carboxylic acids is 1. The Balaban J connectivity index is 1.65. The molecule has 1 aliphatic carbocycles. The molecule has 1 saturated carbocycles. The van der Waals surface area contributed by atoms with Gasteiger partial charge < -0.3 is 14.8 Å². The summed E-state index contributed by atoms with van der Waals surface area (Å²) in [5, 5.41) is 4.61. The van der Waals surface area contributed by atoms with E-state index in [0.717, 1.165) is 59.5 Å². The van der Waals surface area contributed by atoms with E-state index in [2.05, 4.69) is 54.5 Å². The van der Waals surface area contributed by atoms with Crippen LogP contribution in [-0.4, -0.2) is 29.7 Å². The third-order valence-electron chi connectivity index (χ3n) is 6.84. The maximum Gasteiger partial charge on any atom is 0.308 e. The highest BCUT2D eigenvalue weighted by atomic mass is 16.5. The van der Waals surface area contributed by atoms with E-state index in [1.54, 1.807) is 7.11 Å². The lowest BCUT2D eigenvalue weighted by molar-refractivity contribution is -0.149. The smallest absolute Gasteiger partial charge is 0.308 e. The first kappa shape index (κ1) is 24.0. The number of nitrogens with one attached hydrogen (secondary N) is 1. The van der Waals surface area contributed by atoms with Gasteiger partial charge in [-0.3, -0.25) is 4.79 Å². The number of hydrogen-bond donors (Lipinski definition) is 1. The minimum atomic E-state index is -0.0630. The summed E-state index contributed by atoms with van der Waals surface area (Å²) in [7, 11) is 1.71. The summed E-state index contributed by atoms with van der Waals surface area (Å²) in [5.74, 6) is 2.67. The highest BCUT2D eigenvalue weighted by Crippen LogP contribution is 2.42. The molecule has 0 aliphatic heterocycles. The summed E-state index contributed by atoms with van der Waals surface area (Å²) < 4.78 is 11.0. The molecule has 1 aromatic heterocycles. The Hall–Kier alpha value is -3.15. The number of fused-ring (bicyclic) bond motifs is 1. The van der Waals surface area contributed by atoms with Crippen LogP contribution in [0.25, 0.3) is 10.9 Å². The highest BCUT2D eigenvalue weighted by Gasteiger charge is 2.30. The standard InChI is InChI=1S/C28H35N3O3/c1-6-34-28(32)21-12-10-20(11-13-21)23-15-24-25(16-26(23)33-5)30-19(4)31-27(24)29-18(3)22-9-7-8-17(2)14-22/h7-9,14-16,18,20-21H,6,10-13H2,1-5H3,(H,29,30,31)/t18-,20-,21-/m1/s1. The van der Waals surface area contributed by atoms with Crippen molar-refractivity contribution in [2.45, 2.75) is 65.3 Å². The molecule has 0 amide bonds. The predicted octanol–water partition coefficient (Wildman–Crippen LogP) is 6.27. The minimum Gasteiger partial charge on any atom is -0.496 e. The van der Waals surface area contributed by atoms with Crippen LogP contribution in [0.1, 0.15) is 74.0 Å². The fraction of sp³-hybridized carbons (Fsp3) is 0.464. The first-order valence-electron chi connectivity index (χ1n) is 12.3. The molecule has 1 fully saturated rings. The number of anilines is 1. The molecule has 6 heteroatoms. The molecule has 1 N–H and O–H groups in total. The lowest BCUT2D eigenvalue weighted by Gasteiger charge is -2.29. The summed E-state index contributed by atoms with van der Waals surface area (Å²) >= 11 is 0. The van der Waals surface area contributed by atoms with Crippen LogP contribution in [-0.2, 0) is 9.53 Å². The molecule has 180 valence electrons. The lowest BCUT2D eigenvalue weighted by Crippen LogP contribution is -2.23. The van der Waals surface area contributed by atoms with Crippen LogP contribution in [0.2, 0.25) is 0 Å². The van der Waals surface area contributed by atoms with Gasteiger partial charge in [0, 0.05) is 17.5 Å². The van der Waals surface area contributed by atoms with Crippen LogP contribution in [0.4, 0.5) is 5.82 Å². The normalized spacial score (nSPS) is 19.0. The van der Waals surface area contributed by atoms with Crippen molar-refractivity contribution in [3.05, 3.63) is 58.9 Å². The van der Waals surface area contributed by atoms with Crippen molar-refractivity contribution in [3.63, 3.8) is 0 Å². The molecule has 34 heavy (non-hydrogen) atoms. The molecular formula is C28H35N3O3. The van der Waals surface area contributed by atoms with Crippen molar-refractivity contribution < 1.29 is 14.3 Å². The Labute approximate surface area is 202 Å². The fourth-order valence-corrected chi connectivity index (χ4v) is 5.02. The Morgan fingerprint density at radius 3 is 2.56 bits per heavy atom. The van der Waals surface area contributed by atoms with Gasteiger partial charge >= 0.3 is 5.97 Å². The van der Waals surface area contributed by atoms with Crippen LogP contribution in [0, 0.1) is 19.8 Å². The largest absolute Gasteiger partial charge is 0.496 e. The van der Waals surface area contributed by atoms with Crippen molar-refractivity contribution in [2.24, 2.45) is 5.92 Å². The molecule has 1 aliphatic rings. The number of benzene rings is 2. The molecule has 1 heterocycles. The molecule has 3 aromatic rings. The molecule has 0 radical (unpaired) electrons. The van der Waals surface area contributed by atoms with Gasteiger partial charge in [0.25, 0.3) is 0 Å². The number of rotatable bonds is 7. The van der Waals surface area contributed by atoms with E-state index >= 15 is 0 Å². The van der Waals surface area contributed by atoms with Gasteiger partial charge in [-0.05, 0) is 76.5 Å². The first-order chi connectivity index (χ1) is 16.4. The summed E-state index contributed by atoms with van der Waals surface area (Å²) in [6.07, 6.45) is 3.54. The van der Waals surface area contributed by atoms with Gasteiger partial charge in [-0.15, -0.1) is 0 Å². The average molecular weight is 462 g/mol. The van der Waals surface area contributed by atoms with Crippen LogP contribution < -0.4 is 10.1 Å². The quantitative estimate of drug-likeness (QED) is 0.418. The van der Waals surface area contributed by atoms with Crippen molar-refractivity contribution in [1.29, 1.82) is 0 Å². The van der Waals surface area contributed by atoms with Gasteiger partial charge in [0.15, 0.2) is 0 Å². The van der Waals surface area contributed by atoms with Gasteiger partial charge in [0.05, 0.1) is 25.2 Å².